The molecule has 5 heteroatoms. The standard InChI is InChI=1S/C14H16F2N2O/c1-10-8-12(9-13(16)14(10)18-17)19-11(2)6-4-3-5-7-15/h3-6,8-9,18H,2,7,17H2,1H3/b5-3-,6-4-. The summed E-state index contributed by atoms with van der Waals surface area (Å²) in [5, 5.41) is 0. The van der Waals surface area contributed by atoms with Crippen LogP contribution in [0, 0.1) is 12.7 Å². The van der Waals surface area contributed by atoms with Gasteiger partial charge in [0, 0.05) is 6.07 Å². The largest absolute Gasteiger partial charge is 0.458 e. The highest BCUT2D eigenvalue weighted by molar-refractivity contribution is 5.54. The predicted molar refractivity (Wildman–Crippen MR) is 73.0 cm³/mol. The van der Waals surface area contributed by atoms with Gasteiger partial charge in [0.25, 0.3) is 0 Å². The van der Waals surface area contributed by atoms with Gasteiger partial charge in [0.15, 0.2) is 5.82 Å². The summed E-state index contributed by atoms with van der Waals surface area (Å²) in [6, 6.07) is 2.84. The molecule has 0 bridgehead atoms. The monoisotopic (exact) mass is 266 g/mol. The summed E-state index contributed by atoms with van der Waals surface area (Å²) < 4.78 is 30.7. The topological polar surface area (TPSA) is 47.3 Å². The SMILES string of the molecule is C=C(/C=C\C=C/CF)Oc1cc(C)c(NN)c(F)c1. The number of halogens is 2. The number of nitrogens with one attached hydrogen (secondary N) is 1. The average molecular weight is 266 g/mol. The maximum atomic E-state index is 13.6. The molecule has 19 heavy (non-hydrogen) atoms. The van der Waals surface area contributed by atoms with Gasteiger partial charge in [-0.05, 0) is 24.6 Å². The maximum Gasteiger partial charge on any atom is 0.151 e. The van der Waals surface area contributed by atoms with Crippen LogP contribution in [0.4, 0.5) is 14.5 Å². The highest BCUT2D eigenvalue weighted by Gasteiger charge is 2.07. The zero-order chi connectivity index (χ0) is 14.3. The highest BCUT2D eigenvalue weighted by atomic mass is 19.1. The van der Waals surface area contributed by atoms with Crippen LogP contribution in [0.25, 0.3) is 0 Å². The summed E-state index contributed by atoms with van der Waals surface area (Å²) in [5.74, 6) is 5.32. The molecule has 0 spiro atoms. The lowest BCUT2D eigenvalue weighted by Gasteiger charge is -2.10. The predicted octanol–water partition coefficient (Wildman–Crippen LogP) is 3.39. The molecule has 0 fully saturated rings. The Hall–Kier alpha value is -2.14. The summed E-state index contributed by atoms with van der Waals surface area (Å²) in [6.07, 6.45) is 6.01. The lowest BCUT2D eigenvalue weighted by molar-refractivity contribution is 0.442. The lowest BCUT2D eigenvalue weighted by atomic mass is 10.2. The molecule has 0 aliphatic carbocycles. The number of ether oxygens (including phenoxy) is 1. The molecule has 0 aliphatic heterocycles. The van der Waals surface area contributed by atoms with E-state index in [4.69, 9.17) is 10.6 Å². The zero-order valence-corrected chi connectivity index (χ0v) is 10.6. The van der Waals surface area contributed by atoms with Crippen molar-refractivity contribution in [3.63, 3.8) is 0 Å². The number of hydrogen-bond donors (Lipinski definition) is 2. The normalized spacial score (nSPS) is 11.2. The van der Waals surface area contributed by atoms with E-state index < -0.39 is 12.5 Å². The summed E-state index contributed by atoms with van der Waals surface area (Å²) >= 11 is 0. The van der Waals surface area contributed by atoms with Gasteiger partial charge in [-0.25, -0.2) is 8.78 Å². The molecule has 3 N–H and O–H groups in total. The lowest BCUT2D eigenvalue weighted by Crippen LogP contribution is -2.10. The quantitative estimate of drug-likeness (QED) is 0.359. The van der Waals surface area contributed by atoms with E-state index in [2.05, 4.69) is 12.0 Å². The van der Waals surface area contributed by atoms with E-state index >= 15 is 0 Å². The van der Waals surface area contributed by atoms with Gasteiger partial charge in [-0.1, -0.05) is 24.8 Å². The Morgan fingerprint density at radius 1 is 1.47 bits per heavy atom. The van der Waals surface area contributed by atoms with Crippen molar-refractivity contribution in [2.45, 2.75) is 6.92 Å². The van der Waals surface area contributed by atoms with Crippen molar-refractivity contribution in [2.75, 3.05) is 12.1 Å². The van der Waals surface area contributed by atoms with Gasteiger partial charge < -0.3 is 10.2 Å². The van der Waals surface area contributed by atoms with Crippen LogP contribution in [0.5, 0.6) is 5.75 Å². The van der Waals surface area contributed by atoms with Gasteiger partial charge >= 0.3 is 0 Å². The Bertz CT molecular complexity index is 487. The van der Waals surface area contributed by atoms with E-state index in [0.717, 1.165) is 0 Å². The number of alkyl halides is 1. The molecule has 0 atom stereocenters. The number of anilines is 1. The van der Waals surface area contributed by atoms with Crippen LogP contribution in [-0.4, -0.2) is 6.67 Å². The van der Waals surface area contributed by atoms with Crippen LogP contribution < -0.4 is 16.0 Å². The smallest absolute Gasteiger partial charge is 0.151 e. The number of hydrogen-bond acceptors (Lipinski definition) is 3. The molecule has 0 amide bonds. The van der Waals surface area contributed by atoms with Gasteiger partial charge in [-0.2, -0.15) is 0 Å². The van der Waals surface area contributed by atoms with Crippen LogP contribution in [0.3, 0.4) is 0 Å². The van der Waals surface area contributed by atoms with Crippen LogP contribution in [-0.2, 0) is 0 Å². The first-order chi connectivity index (χ1) is 9.08. The Labute approximate surface area is 111 Å². The molecule has 3 nitrogen and oxygen atoms in total. The highest BCUT2D eigenvalue weighted by Crippen LogP contribution is 2.25. The van der Waals surface area contributed by atoms with E-state index in [1.807, 2.05) is 0 Å². The minimum Gasteiger partial charge on any atom is -0.458 e. The Morgan fingerprint density at radius 3 is 2.79 bits per heavy atom. The Balaban J connectivity index is 2.75. The van der Waals surface area contributed by atoms with Crippen LogP contribution in [0.1, 0.15) is 5.56 Å². The summed E-state index contributed by atoms with van der Waals surface area (Å²) in [6.45, 7) is 4.82. The van der Waals surface area contributed by atoms with Gasteiger partial charge in [0.1, 0.15) is 18.2 Å². The Kier molecular flexibility index (Phi) is 5.75. The molecule has 102 valence electrons. The second-order valence-electron chi connectivity index (χ2n) is 3.75. The molecule has 1 rings (SSSR count). The Morgan fingerprint density at radius 2 is 2.21 bits per heavy atom. The summed E-state index contributed by atoms with van der Waals surface area (Å²) in [7, 11) is 0. The minimum atomic E-state index is -0.532. The van der Waals surface area contributed by atoms with Crippen LogP contribution >= 0.6 is 0 Å². The molecule has 0 radical (unpaired) electrons. The van der Waals surface area contributed by atoms with Crippen molar-refractivity contribution in [2.24, 2.45) is 5.84 Å². The van der Waals surface area contributed by atoms with E-state index in [1.165, 1.54) is 18.2 Å². The van der Waals surface area contributed by atoms with E-state index in [0.29, 0.717) is 17.1 Å². The molecule has 0 saturated carbocycles. The van der Waals surface area contributed by atoms with Crippen LogP contribution in [0.2, 0.25) is 0 Å². The van der Waals surface area contributed by atoms with Crippen molar-refractivity contribution in [1.29, 1.82) is 0 Å². The first-order valence-corrected chi connectivity index (χ1v) is 5.61. The molecule has 0 aromatic heterocycles. The third-order valence-corrected chi connectivity index (χ3v) is 2.27. The minimum absolute atomic E-state index is 0.222. The molecular weight excluding hydrogens is 250 g/mol. The summed E-state index contributed by atoms with van der Waals surface area (Å²) in [4.78, 5) is 0. The molecule has 0 unspecified atom stereocenters. The molecule has 1 aromatic carbocycles. The maximum absolute atomic E-state index is 13.6. The van der Waals surface area contributed by atoms with Crippen molar-refractivity contribution < 1.29 is 13.5 Å². The third-order valence-electron chi connectivity index (χ3n) is 2.27. The van der Waals surface area contributed by atoms with Gasteiger partial charge in [0.05, 0.1) is 5.69 Å². The van der Waals surface area contributed by atoms with E-state index in [9.17, 15) is 8.78 Å². The summed E-state index contributed by atoms with van der Waals surface area (Å²) in [5.41, 5.74) is 3.12. The van der Waals surface area contributed by atoms with E-state index in [-0.39, 0.29) is 5.69 Å². The molecule has 0 aliphatic rings. The first-order valence-electron chi connectivity index (χ1n) is 5.61. The molecule has 0 heterocycles. The van der Waals surface area contributed by atoms with Gasteiger partial charge in [0.2, 0.25) is 0 Å². The number of aryl methyl sites for hydroxylation is 1. The first kappa shape index (κ1) is 14.9. The number of hydrazine groups is 1. The molecular formula is C14H16F2N2O. The van der Waals surface area contributed by atoms with Crippen molar-refractivity contribution in [3.05, 3.63) is 60.2 Å². The van der Waals surface area contributed by atoms with Crippen molar-refractivity contribution in [3.8, 4) is 5.75 Å². The number of benzene rings is 1. The zero-order valence-electron chi connectivity index (χ0n) is 10.6. The molecule has 0 saturated heterocycles. The average Bonchev–Trinajstić information content (AvgIpc) is 2.34. The van der Waals surface area contributed by atoms with Crippen molar-refractivity contribution in [1.82, 2.24) is 0 Å². The fourth-order valence-electron chi connectivity index (χ4n) is 1.43. The van der Waals surface area contributed by atoms with E-state index in [1.54, 1.807) is 25.1 Å². The van der Waals surface area contributed by atoms with Gasteiger partial charge in [-0.15, -0.1) is 0 Å². The second-order valence-corrected chi connectivity index (χ2v) is 3.75. The van der Waals surface area contributed by atoms with Gasteiger partial charge in [-0.3, -0.25) is 5.84 Å². The number of allylic oxidation sites excluding steroid dienone is 4. The third kappa shape index (κ3) is 4.56. The fraction of sp³-hybridized carbons (Fsp3) is 0.143. The number of rotatable bonds is 6. The number of nitrogen functional groups attached to an aromatic ring is 1. The van der Waals surface area contributed by atoms with Crippen LogP contribution in [0.15, 0.2) is 48.8 Å². The second kappa shape index (κ2) is 7.33. The molecule has 1 aromatic rings. The van der Waals surface area contributed by atoms with Crippen molar-refractivity contribution >= 4 is 5.69 Å². The number of nitrogens with two attached hydrogens (primary N) is 1. The fourth-order valence-corrected chi connectivity index (χ4v) is 1.43.